The molecule has 1 aliphatic heterocycles. The molecule has 1 aliphatic rings. The van der Waals surface area contributed by atoms with Crippen LogP contribution in [0.25, 0.3) is 0 Å². The molecule has 0 spiro atoms. The normalized spacial score (nSPS) is 18.9. The lowest BCUT2D eigenvalue weighted by Crippen LogP contribution is -3.14. The number of hydrogen-bond acceptors (Lipinski definition) is 1. The number of rotatable bonds is 4. The zero-order valence-electron chi connectivity index (χ0n) is 10.7. The zero-order chi connectivity index (χ0) is 12.1. The van der Waals surface area contributed by atoms with Gasteiger partial charge in [-0.25, -0.2) is 0 Å². The SMILES string of the molecule is COc1ccccc1[C@@H](C[NH3+])[NH+]1CCCCC1. The molecule has 1 heterocycles. The van der Waals surface area contributed by atoms with Crippen LogP contribution in [0, 0.1) is 0 Å². The Hall–Kier alpha value is -1.06. The molecule has 1 saturated heterocycles. The van der Waals surface area contributed by atoms with Gasteiger partial charge >= 0.3 is 0 Å². The summed E-state index contributed by atoms with van der Waals surface area (Å²) < 4.78 is 5.48. The molecule has 0 bridgehead atoms. The predicted molar refractivity (Wildman–Crippen MR) is 68.0 cm³/mol. The fourth-order valence-corrected chi connectivity index (χ4v) is 2.89. The Bertz CT molecular complexity index is 348. The highest BCUT2D eigenvalue weighted by Crippen LogP contribution is 2.22. The van der Waals surface area contributed by atoms with Crippen LogP contribution >= 0.6 is 0 Å². The fraction of sp³-hybridized carbons (Fsp3) is 0.571. The molecule has 0 aromatic heterocycles. The first-order chi connectivity index (χ1) is 8.36. The third-order valence-electron chi connectivity index (χ3n) is 3.79. The van der Waals surface area contributed by atoms with Crippen LogP contribution in [0.5, 0.6) is 5.75 Å². The van der Waals surface area contributed by atoms with E-state index in [0.717, 1.165) is 12.3 Å². The van der Waals surface area contributed by atoms with Gasteiger partial charge in [0.25, 0.3) is 0 Å². The summed E-state index contributed by atoms with van der Waals surface area (Å²) in [7, 11) is 1.75. The molecule has 0 aliphatic carbocycles. The topological polar surface area (TPSA) is 41.3 Å². The van der Waals surface area contributed by atoms with E-state index in [9.17, 15) is 0 Å². The highest BCUT2D eigenvalue weighted by atomic mass is 16.5. The quantitative estimate of drug-likeness (QED) is 0.762. The minimum Gasteiger partial charge on any atom is -0.496 e. The monoisotopic (exact) mass is 236 g/mol. The van der Waals surface area contributed by atoms with E-state index in [1.54, 1.807) is 12.0 Å². The first-order valence-electron chi connectivity index (χ1n) is 6.63. The van der Waals surface area contributed by atoms with E-state index in [2.05, 4.69) is 23.9 Å². The van der Waals surface area contributed by atoms with Gasteiger partial charge < -0.3 is 15.4 Å². The number of quaternary nitrogens is 2. The van der Waals surface area contributed by atoms with E-state index in [1.807, 2.05) is 6.07 Å². The number of benzene rings is 1. The van der Waals surface area contributed by atoms with Crippen LogP contribution < -0.4 is 15.4 Å². The molecule has 3 heteroatoms. The maximum absolute atomic E-state index is 5.48. The van der Waals surface area contributed by atoms with Crippen molar-refractivity contribution in [3.63, 3.8) is 0 Å². The summed E-state index contributed by atoms with van der Waals surface area (Å²) in [6.45, 7) is 3.49. The molecule has 1 aromatic carbocycles. The van der Waals surface area contributed by atoms with Gasteiger partial charge in [0.2, 0.25) is 0 Å². The minimum atomic E-state index is 0.492. The Morgan fingerprint density at radius 3 is 2.59 bits per heavy atom. The van der Waals surface area contributed by atoms with E-state index in [1.165, 1.54) is 37.9 Å². The standard InChI is InChI=1S/C14H22N2O/c1-17-14-8-4-3-7-12(14)13(11-15)16-9-5-2-6-10-16/h3-4,7-8,13H,2,5-6,9-11,15H2,1H3/p+2/t13-/m1/s1. The maximum Gasteiger partial charge on any atom is 0.166 e. The van der Waals surface area contributed by atoms with Crippen molar-refractivity contribution in [2.45, 2.75) is 25.3 Å². The second-order valence-electron chi connectivity index (χ2n) is 4.80. The molecule has 0 unspecified atom stereocenters. The van der Waals surface area contributed by atoms with Crippen LogP contribution in [0.3, 0.4) is 0 Å². The molecular weight excluding hydrogens is 212 g/mol. The minimum absolute atomic E-state index is 0.492. The van der Waals surface area contributed by atoms with Crippen molar-refractivity contribution in [3.8, 4) is 5.75 Å². The summed E-state index contributed by atoms with van der Waals surface area (Å²) in [4.78, 5) is 1.68. The number of para-hydroxylation sites is 1. The Kier molecular flexibility index (Phi) is 4.40. The highest BCUT2D eigenvalue weighted by Gasteiger charge is 2.28. The van der Waals surface area contributed by atoms with Crippen molar-refractivity contribution in [2.75, 3.05) is 26.7 Å². The molecule has 3 nitrogen and oxygen atoms in total. The second-order valence-corrected chi connectivity index (χ2v) is 4.80. The average molecular weight is 236 g/mol. The molecule has 17 heavy (non-hydrogen) atoms. The molecular formula is C14H24N2O+2. The number of methoxy groups -OCH3 is 1. The van der Waals surface area contributed by atoms with Gasteiger partial charge in [-0.2, -0.15) is 0 Å². The summed E-state index contributed by atoms with van der Waals surface area (Å²) >= 11 is 0. The van der Waals surface area contributed by atoms with Crippen molar-refractivity contribution in [2.24, 2.45) is 0 Å². The summed E-state index contributed by atoms with van der Waals surface area (Å²) in [5, 5.41) is 0. The van der Waals surface area contributed by atoms with Gasteiger partial charge in [0.05, 0.1) is 25.8 Å². The number of ether oxygens (including phenoxy) is 1. The van der Waals surface area contributed by atoms with Gasteiger partial charge in [-0.15, -0.1) is 0 Å². The molecule has 0 amide bonds. The van der Waals surface area contributed by atoms with Crippen molar-refractivity contribution in [1.82, 2.24) is 0 Å². The fourth-order valence-electron chi connectivity index (χ4n) is 2.89. The van der Waals surface area contributed by atoms with Crippen molar-refractivity contribution in [3.05, 3.63) is 29.8 Å². The Morgan fingerprint density at radius 2 is 1.94 bits per heavy atom. The third-order valence-corrected chi connectivity index (χ3v) is 3.79. The number of hydrogen-bond donors (Lipinski definition) is 2. The third kappa shape index (κ3) is 2.79. The van der Waals surface area contributed by atoms with Crippen molar-refractivity contribution >= 4 is 0 Å². The average Bonchev–Trinajstić information content (AvgIpc) is 2.41. The molecule has 1 aromatic rings. The van der Waals surface area contributed by atoms with E-state index in [4.69, 9.17) is 4.74 Å². The molecule has 1 atom stereocenters. The summed E-state index contributed by atoms with van der Waals surface area (Å²) in [6.07, 6.45) is 4.08. The van der Waals surface area contributed by atoms with Crippen LogP contribution in [-0.2, 0) is 0 Å². The van der Waals surface area contributed by atoms with E-state index in [0.29, 0.717) is 6.04 Å². The summed E-state index contributed by atoms with van der Waals surface area (Å²) in [6, 6.07) is 8.88. The molecule has 0 radical (unpaired) electrons. The first kappa shape index (κ1) is 12.4. The van der Waals surface area contributed by atoms with Gasteiger partial charge in [0.1, 0.15) is 12.3 Å². The summed E-state index contributed by atoms with van der Waals surface area (Å²) in [5.41, 5.74) is 5.46. The van der Waals surface area contributed by atoms with Crippen molar-refractivity contribution in [1.29, 1.82) is 0 Å². The van der Waals surface area contributed by atoms with Crippen LogP contribution in [0.2, 0.25) is 0 Å². The summed E-state index contributed by atoms with van der Waals surface area (Å²) in [5.74, 6) is 1.01. The Labute approximate surface area is 104 Å². The smallest absolute Gasteiger partial charge is 0.166 e. The molecule has 2 rings (SSSR count). The van der Waals surface area contributed by atoms with E-state index >= 15 is 0 Å². The molecule has 94 valence electrons. The predicted octanol–water partition coefficient (Wildman–Crippen LogP) is 0.0470. The van der Waals surface area contributed by atoms with Gasteiger partial charge in [-0.05, 0) is 31.4 Å². The highest BCUT2D eigenvalue weighted by molar-refractivity contribution is 5.34. The zero-order valence-corrected chi connectivity index (χ0v) is 10.7. The number of likely N-dealkylation sites (tertiary alicyclic amines) is 1. The van der Waals surface area contributed by atoms with Gasteiger partial charge in [0, 0.05) is 0 Å². The van der Waals surface area contributed by atoms with Crippen LogP contribution in [0.15, 0.2) is 24.3 Å². The van der Waals surface area contributed by atoms with Crippen molar-refractivity contribution < 1.29 is 15.4 Å². The Balaban J connectivity index is 2.21. The van der Waals surface area contributed by atoms with Gasteiger partial charge in [-0.3, -0.25) is 0 Å². The maximum atomic E-state index is 5.48. The molecule has 1 fully saturated rings. The lowest BCUT2D eigenvalue weighted by atomic mass is 10.0. The largest absolute Gasteiger partial charge is 0.496 e. The lowest BCUT2D eigenvalue weighted by Gasteiger charge is -2.30. The van der Waals surface area contributed by atoms with E-state index < -0.39 is 0 Å². The van der Waals surface area contributed by atoms with Crippen LogP contribution in [0.4, 0.5) is 0 Å². The lowest BCUT2D eigenvalue weighted by molar-refractivity contribution is -0.942. The first-order valence-corrected chi connectivity index (χ1v) is 6.63. The Morgan fingerprint density at radius 1 is 1.24 bits per heavy atom. The van der Waals surface area contributed by atoms with Gasteiger partial charge in [-0.1, -0.05) is 12.1 Å². The molecule has 4 N–H and O–H groups in total. The number of nitrogens with one attached hydrogen (secondary N) is 1. The number of piperidine rings is 1. The van der Waals surface area contributed by atoms with Crippen LogP contribution in [0.1, 0.15) is 30.9 Å². The van der Waals surface area contributed by atoms with E-state index in [-0.39, 0.29) is 0 Å². The van der Waals surface area contributed by atoms with Gasteiger partial charge in [0.15, 0.2) is 6.04 Å². The van der Waals surface area contributed by atoms with Crippen LogP contribution in [-0.4, -0.2) is 26.7 Å². The molecule has 0 saturated carbocycles. The second kappa shape index (κ2) is 6.03.